The summed E-state index contributed by atoms with van der Waals surface area (Å²) in [6.07, 6.45) is 0. The van der Waals surface area contributed by atoms with Gasteiger partial charge in [0.15, 0.2) is 0 Å². The van der Waals surface area contributed by atoms with E-state index in [1.807, 2.05) is 43.3 Å². The number of ether oxygens (including phenoxy) is 3. The van der Waals surface area contributed by atoms with Gasteiger partial charge in [0, 0.05) is 5.69 Å². The van der Waals surface area contributed by atoms with Crippen molar-refractivity contribution in [1.29, 1.82) is 0 Å². The third-order valence-corrected chi connectivity index (χ3v) is 3.84. The number of benzene rings is 2. The lowest BCUT2D eigenvalue weighted by Gasteiger charge is -2.16. The van der Waals surface area contributed by atoms with Crippen LogP contribution in [0.3, 0.4) is 0 Å². The van der Waals surface area contributed by atoms with Gasteiger partial charge in [0.05, 0.1) is 5.41 Å². The number of hydrogen-bond donors (Lipinski definition) is 1. The molecule has 0 aliphatic carbocycles. The van der Waals surface area contributed by atoms with Crippen molar-refractivity contribution < 1.29 is 19.0 Å². The lowest BCUT2D eigenvalue weighted by molar-refractivity contribution is -0.159. The minimum Gasteiger partial charge on any atom is -0.466 e. The van der Waals surface area contributed by atoms with Gasteiger partial charge in [-0.25, -0.2) is 0 Å². The number of nitrogens with one attached hydrogen (secondary N) is 1. The number of carbonyl (C=O) groups is 1. The number of hydrogen-bond acceptors (Lipinski definition) is 5. The minimum atomic E-state index is -0.546. The van der Waals surface area contributed by atoms with Crippen molar-refractivity contribution in [3.63, 3.8) is 0 Å². The van der Waals surface area contributed by atoms with Gasteiger partial charge in [-0.15, -0.1) is 0 Å². The molecule has 0 amide bonds. The van der Waals surface area contributed by atoms with Crippen molar-refractivity contribution in [2.45, 2.75) is 34.3 Å². The second-order valence-electron chi connectivity index (χ2n) is 7.16. The van der Waals surface area contributed by atoms with Crippen LogP contribution in [-0.4, -0.2) is 17.9 Å². The van der Waals surface area contributed by atoms with Crippen molar-refractivity contribution in [3.8, 4) is 5.75 Å². The van der Waals surface area contributed by atoms with Crippen molar-refractivity contribution >= 4 is 29.0 Å². The number of esters is 1. The molecule has 0 radical (unpaired) electrons. The molecule has 0 aromatic heterocycles. The largest absolute Gasteiger partial charge is 0.466 e. The summed E-state index contributed by atoms with van der Waals surface area (Å²) in [7, 11) is 0. The van der Waals surface area contributed by atoms with Gasteiger partial charge in [-0.05, 0) is 69.7 Å². The van der Waals surface area contributed by atoms with Crippen molar-refractivity contribution in [2.75, 3.05) is 12.1 Å². The standard InChI is InChI=1S/C21H25NO4S/c1-15-5-9-17(10-6-15)22-20(27)24-13-16-7-11-18(12-8-16)25-14-26-19(23)21(2,3)4/h5-12H,13-14H2,1-4H3,(H,22,27). The fraction of sp³-hybridized carbons (Fsp3) is 0.333. The van der Waals surface area contributed by atoms with Crippen LogP contribution in [0.25, 0.3) is 0 Å². The van der Waals surface area contributed by atoms with Gasteiger partial charge in [0.25, 0.3) is 5.17 Å². The van der Waals surface area contributed by atoms with E-state index in [9.17, 15) is 4.79 Å². The Morgan fingerprint density at radius 3 is 2.22 bits per heavy atom. The first kappa shape index (κ1) is 20.7. The molecular weight excluding hydrogens is 362 g/mol. The van der Waals surface area contributed by atoms with Crippen molar-refractivity contribution in [1.82, 2.24) is 0 Å². The summed E-state index contributed by atoms with van der Waals surface area (Å²) in [5.74, 6) is 0.308. The second-order valence-corrected chi connectivity index (χ2v) is 7.53. The molecule has 2 rings (SSSR count). The molecule has 0 fully saturated rings. The van der Waals surface area contributed by atoms with E-state index in [2.05, 4.69) is 5.32 Å². The van der Waals surface area contributed by atoms with Gasteiger partial charge >= 0.3 is 5.97 Å². The Morgan fingerprint density at radius 1 is 1.00 bits per heavy atom. The maximum atomic E-state index is 11.7. The Hall–Kier alpha value is -2.60. The molecule has 0 heterocycles. The van der Waals surface area contributed by atoms with Crippen molar-refractivity contribution in [2.24, 2.45) is 5.41 Å². The normalized spacial score (nSPS) is 10.8. The fourth-order valence-corrected chi connectivity index (χ4v) is 2.17. The molecule has 1 N–H and O–H groups in total. The summed E-state index contributed by atoms with van der Waals surface area (Å²) in [6.45, 7) is 7.64. The van der Waals surface area contributed by atoms with E-state index in [-0.39, 0.29) is 12.8 Å². The zero-order chi connectivity index (χ0) is 19.9. The lowest BCUT2D eigenvalue weighted by atomic mass is 9.98. The molecule has 2 aromatic rings. The first-order valence-corrected chi connectivity index (χ1v) is 9.04. The van der Waals surface area contributed by atoms with Gasteiger partial charge in [0.2, 0.25) is 6.79 Å². The highest BCUT2D eigenvalue weighted by Gasteiger charge is 2.22. The Balaban J connectivity index is 1.74. The molecule has 0 atom stereocenters. The van der Waals surface area contributed by atoms with Crippen LogP contribution in [0.4, 0.5) is 5.69 Å². The highest BCUT2D eigenvalue weighted by atomic mass is 32.1. The van der Waals surface area contributed by atoms with Crippen LogP contribution in [-0.2, 0) is 20.9 Å². The third kappa shape index (κ3) is 7.27. The monoisotopic (exact) mass is 387 g/mol. The number of anilines is 1. The Labute approximate surface area is 165 Å². The Kier molecular flexibility index (Phi) is 7.19. The number of rotatable bonds is 6. The van der Waals surface area contributed by atoms with E-state index in [0.717, 1.165) is 11.3 Å². The van der Waals surface area contributed by atoms with Gasteiger partial charge in [0.1, 0.15) is 12.4 Å². The van der Waals surface area contributed by atoms with Crippen LogP contribution in [0.1, 0.15) is 31.9 Å². The SMILES string of the molecule is Cc1ccc(NC(=S)OCc2ccc(OCOC(=O)C(C)(C)C)cc2)cc1. The maximum absolute atomic E-state index is 11.7. The fourth-order valence-electron chi connectivity index (χ4n) is 1.99. The summed E-state index contributed by atoms with van der Waals surface area (Å²) >= 11 is 5.20. The van der Waals surface area contributed by atoms with Crippen LogP contribution in [0.5, 0.6) is 5.75 Å². The van der Waals surface area contributed by atoms with Gasteiger partial charge in [-0.3, -0.25) is 4.79 Å². The second kappa shape index (κ2) is 9.37. The molecule has 0 saturated carbocycles. The average Bonchev–Trinajstić information content (AvgIpc) is 2.62. The van der Waals surface area contributed by atoms with E-state index < -0.39 is 5.41 Å². The molecule has 0 unspecified atom stereocenters. The van der Waals surface area contributed by atoms with Gasteiger partial charge < -0.3 is 19.5 Å². The smallest absolute Gasteiger partial charge is 0.314 e. The number of carbonyl (C=O) groups excluding carboxylic acids is 1. The molecule has 144 valence electrons. The van der Waals surface area contributed by atoms with E-state index in [4.69, 9.17) is 26.4 Å². The summed E-state index contributed by atoms with van der Waals surface area (Å²) < 4.78 is 16.1. The Morgan fingerprint density at radius 2 is 1.63 bits per heavy atom. The molecular formula is C21H25NO4S. The molecule has 5 nitrogen and oxygen atoms in total. The summed E-state index contributed by atoms with van der Waals surface area (Å²) in [5.41, 5.74) is 2.47. The third-order valence-electron chi connectivity index (χ3n) is 3.62. The molecule has 2 aromatic carbocycles. The van der Waals surface area contributed by atoms with E-state index in [0.29, 0.717) is 17.5 Å². The van der Waals surface area contributed by atoms with Crippen molar-refractivity contribution in [3.05, 3.63) is 59.7 Å². The molecule has 0 aliphatic heterocycles. The number of aryl methyl sites for hydroxylation is 1. The topological polar surface area (TPSA) is 56.8 Å². The average molecular weight is 388 g/mol. The van der Waals surface area contributed by atoms with Gasteiger partial charge in [-0.1, -0.05) is 29.8 Å². The first-order valence-electron chi connectivity index (χ1n) is 8.63. The van der Waals surface area contributed by atoms with E-state index >= 15 is 0 Å². The number of thiocarbonyl (C=S) groups is 1. The zero-order valence-corrected chi connectivity index (χ0v) is 16.9. The molecule has 0 saturated heterocycles. The summed E-state index contributed by atoms with van der Waals surface area (Å²) in [5, 5.41) is 3.35. The minimum absolute atomic E-state index is 0.115. The molecule has 27 heavy (non-hydrogen) atoms. The maximum Gasteiger partial charge on any atom is 0.314 e. The van der Waals surface area contributed by atoms with E-state index in [1.54, 1.807) is 32.9 Å². The van der Waals surface area contributed by atoms with Crippen LogP contribution in [0.2, 0.25) is 0 Å². The molecule has 0 spiro atoms. The lowest BCUT2D eigenvalue weighted by Crippen LogP contribution is -2.24. The van der Waals surface area contributed by atoms with Crippen LogP contribution in [0, 0.1) is 12.3 Å². The Bertz CT molecular complexity index is 764. The zero-order valence-electron chi connectivity index (χ0n) is 16.1. The molecule has 0 aliphatic rings. The van der Waals surface area contributed by atoms with Gasteiger partial charge in [-0.2, -0.15) is 0 Å². The predicted octanol–water partition coefficient (Wildman–Crippen LogP) is 4.83. The highest BCUT2D eigenvalue weighted by Crippen LogP contribution is 2.17. The molecule has 0 bridgehead atoms. The highest BCUT2D eigenvalue weighted by molar-refractivity contribution is 7.80. The quantitative estimate of drug-likeness (QED) is 0.435. The predicted molar refractivity (Wildman–Crippen MR) is 110 cm³/mol. The molecule has 6 heteroatoms. The van der Waals surface area contributed by atoms with Crippen LogP contribution in [0.15, 0.2) is 48.5 Å². The first-order chi connectivity index (χ1) is 12.7. The van der Waals surface area contributed by atoms with E-state index in [1.165, 1.54) is 5.56 Å². The summed E-state index contributed by atoms with van der Waals surface area (Å²) in [4.78, 5) is 11.7. The van der Waals surface area contributed by atoms with Crippen LogP contribution >= 0.6 is 12.2 Å². The summed E-state index contributed by atoms with van der Waals surface area (Å²) in [6, 6.07) is 15.2. The van der Waals surface area contributed by atoms with Crippen LogP contribution < -0.4 is 10.1 Å².